The molecule has 112 valence electrons. The van der Waals surface area contributed by atoms with E-state index in [0.29, 0.717) is 6.04 Å². The van der Waals surface area contributed by atoms with Gasteiger partial charge in [0.1, 0.15) is 5.54 Å². The molecule has 0 saturated heterocycles. The molecule has 1 aliphatic carbocycles. The zero-order valence-corrected chi connectivity index (χ0v) is 13.0. The smallest absolute Gasteiger partial charge is 0.325 e. The van der Waals surface area contributed by atoms with Crippen LogP contribution in [-0.2, 0) is 9.53 Å². The zero-order chi connectivity index (χ0) is 14.1. The van der Waals surface area contributed by atoms with Crippen molar-refractivity contribution in [2.75, 3.05) is 7.11 Å². The summed E-state index contributed by atoms with van der Waals surface area (Å²) in [6.07, 6.45) is 12.0. The van der Waals surface area contributed by atoms with E-state index in [1.807, 2.05) is 6.92 Å². The van der Waals surface area contributed by atoms with E-state index in [0.717, 1.165) is 12.8 Å². The number of rotatable bonds is 9. The van der Waals surface area contributed by atoms with Crippen LogP contribution in [-0.4, -0.2) is 24.7 Å². The molecule has 3 heteroatoms. The molecule has 1 fully saturated rings. The van der Waals surface area contributed by atoms with E-state index in [1.54, 1.807) is 0 Å². The van der Waals surface area contributed by atoms with Gasteiger partial charge in [-0.25, -0.2) is 0 Å². The highest BCUT2D eigenvalue weighted by molar-refractivity contribution is 5.80. The van der Waals surface area contributed by atoms with Crippen molar-refractivity contribution in [1.82, 2.24) is 5.32 Å². The van der Waals surface area contributed by atoms with E-state index in [4.69, 9.17) is 4.74 Å². The van der Waals surface area contributed by atoms with Gasteiger partial charge in [0, 0.05) is 6.04 Å². The molecular weight excluding hydrogens is 238 g/mol. The van der Waals surface area contributed by atoms with Gasteiger partial charge in [-0.3, -0.25) is 10.1 Å². The van der Waals surface area contributed by atoms with Gasteiger partial charge in [-0.05, 0) is 26.2 Å². The molecule has 0 heterocycles. The lowest BCUT2D eigenvalue weighted by Crippen LogP contribution is -2.53. The normalized spacial score (nSPS) is 19.3. The van der Waals surface area contributed by atoms with Crippen LogP contribution in [0.15, 0.2) is 0 Å². The number of esters is 1. The van der Waals surface area contributed by atoms with Gasteiger partial charge in [0.15, 0.2) is 0 Å². The fourth-order valence-electron chi connectivity index (χ4n) is 3.06. The van der Waals surface area contributed by atoms with Crippen molar-refractivity contribution in [2.45, 2.75) is 89.6 Å². The number of hydrogen-bond donors (Lipinski definition) is 1. The molecular formula is C16H31NO2. The molecule has 0 aliphatic heterocycles. The predicted octanol–water partition coefficient (Wildman–Crippen LogP) is 3.81. The summed E-state index contributed by atoms with van der Waals surface area (Å²) >= 11 is 0. The molecule has 1 saturated carbocycles. The fraction of sp³-hybridized carbons (Fsp3) is 0.938. The summed E-state index contributed by atoms with van der Waals surface area (Å²) < 4.78 is 5.00. The third-order valence-electron chi connectivity index (χ3n) is 4.29. The van der Waals surface area contributed by atoms with Crippen molar-refractivity contribution < 1.29 is 9.53 Å². The maximum Gasteiger partial charge on any atom is 0.325 e. The Balaban J connectivity index is 2.42. The first-order valence-corrected chi connectivity index (χ1v) is 7.98. The Morgan fingerprint density at radius 3 is 2.42 bits per heavy atom. The summed E-state index contributed by atoms with van der Waals surface area (Å²) in [5.41, 5.74) is -0.490. The Hall–Kier alpha value is -0.570. The Morgan fingerprint density at radius 2 is 1.84 bits per heavy atom. The largest absolute Gasteiger partial charge is 0.468 e. The SMILES string of the molecule is CCCCCCCC(C)(NC1CCCC1)C(=O)OC. The average Bonchev–Trinajstić information content (AvgIpc) is 2.90. The quantitative estimate of drug-likeness (QED) is 0.511. The molecule has 0 spiro atoms. The van der Waals surface area contributed by atoms with Crippen LogP contribution < -0.4 is 5.32 Å². The molecule has 1 atom stereocenters. The number of ether oxygens (including phenoxy) is 1. The van der Waals surface area contributed by atoms with Crippen LogP contribution in [0.5, 0.6) is 0 Å². The predicted molar refractivity (Wildman–Crippen MR) is 79.2 cm³/mol. The number of methoxy groups -OCH3 is 1. The van der Waals surface area contributed by atoms with Crippen molar-refractivity contribution in [2.24, 2.45) is 0 Å². The lowest BCUT2D eigenvalue weighted by atomic mass is 9.92. The van der Waals surface area contributed by atoms with Crippen molar-refractivity contribution in [3.8, 4) is 0 Å². The highest BCUT2D eigenvalue weighted by Gasteiger charge is 2.36. The van der Waals surface area contributed by atoms with Gasteiger partial charge in [0.2, 0.25) is 0 Å². The van der Waals surface area contributed by atoms with E-state index < -0.39 is 5.54 Å². The average molecular weight is 269 g/mol. The van der Waals surface area contributed by atoms with Gasteiger partial charge in [-0.1, -0.05) is 51.9 Å². The van der Waals surface area contributed by atoms with Crippen molar-refractivity contribution >= 4 is 5.97 Å². The number of nitrogens with one attached hydrogen (secondary N) is 1. The second-order valence-electron chi connectivity index (χ2n) is 6.11. The van der Waals surface area contributed by atoms with Crippen molar-refractivity contribution in [3.63, 3.8) is 0 Å². The van der Waals surface area contributed by atoms with Gasteiger partial charge in [0.25, 0.3) is 0 Å². The van der Waals surface area contributed by atoms with Crippen LogP contribution in [0.3, 0.4) is 0 Å². The van der Waals surface area contributed by atoms with E-state index in [1.165, 1.54) is 58.5 Å². The first-order chi connectivity index (χ1) is 9.12. The monoisotopic (exact) mass is 269 g/mol. The lowest BCUT2D eigenvalue weighted by molar-refractivity contribution is -0.148. The number of unbranched alkanes of at least 4 members (excludes halogenated alkanes) is 4. The van der Waals surface area contributed by atoms with E-state index in [9.17, 15) is 4.79 Å². The Labute approximate surface area is 118 Å². The van der Waals surface area contributed by atoms with Gasteiger partial charge in [-0.2, -0.15) is 0 Å². The second-order valence-corrected chi connectivity index (χ2v) is 6.11. The first kappa shape index (κ1) is 16.5. The summed E-state index contributed by atoms with van der Waals surface area (Å²) in [5.74, 6) is -0.102. The molecule has 0 bridgehead atoms. The highest BCUT2D eigenvalue weighted by Crippen LogP contribution is 2.24. The molecule has 0 aromatic carbocycles. The summed E-state index contributed by atoms with van der Waals surface area (Å²) in [5, 5.41) is 3.56. The number of carbonyl (C=O) groups excluding carboxylic acids is 1. The van der Waals surface area contributed by atoms with Crippen molar-refractivity contribution in [3.05, 3.63) is 0 Å². The standard InChI is InChI=1S/C16H31NO2/c1-4-5-6-7-10-13-16(2,15(18)19-3)17-14-11-8-9-12-14/h14,17H,4-13H2,1-3H3. The van der Waals surface area contributed by atoms with Gasteiger partial charge in [-0.15, -0.1) is 0 Å². The molecule has 0 radical (unpaired) electrons. The van der Waals surface area contributed by atoms with Crippen LogP contribution in [0.4, 0.5) is 0 Å². The number of carbonyl (C=O) groups is 1. The third kappa shape index (κ3) is 5.52. The van der Waals surface area contributed by atoms with Gasteiger partial charge >= 0.3 is 5.97 Å². The number of hydrogen-bond acceptors (Lipinski definition) is 3. The molecule has 0 amide bonds. The van der Waals surface area contributed by atoms with Crippen molar-refractivity contribution in [1.29, 1.82) is 0 Å². The molecule has 0 aromatic rings. The maximum absolute atomic E-state index is 12.1. The van der Waals surface area contributed by atoms with E-state index in [-0.39, 0.29) is 5.97 Å². The minimum absolute atomic E-state index is 0.102. The fourth-order valence-corrected chi connectivity index (χ4v) is 3.06. The minimum atomic E-state index is -0.490. The van der Waals surface area contributed by atoms with Gasteiger partial charge < -0.3 is 4.74 Å². The van der Waals surface area contributed by atoms with Crippen LogP contribution >= 0.6 is 0 Å². The molecule has 1 aliphatic rings. The van der Waals surface area contributed by atoms with Crippen LogP contribution in [0.1, 0.15) is 78.1 Å². The van der Waals surface area contributed by atoms with Gasteiger partial charge in [0.05, 0.1) is 7.11 Å². The summed E-state index contributed by atoms with van der Waals surface area (Å²) in [6, 6.07) is 0.500. The third-order valence-corrected chi connectivity index (χ3v) is 4.29. The molecule has 1 N–H and O–H groups in total. The molecule has 1 unspecified atom stereocenters. The highest BCUT2D eigenvalue weighted by atomic mass is 16.5. The van der Waals surface area contributed by atoms with E-state index >= 15 is 0 Å². The van der Waals surface area contributed by atoms with Crippen LogP contribution in [0, 0.1) is 0 Å². The molecule has 0 aromatic heterocycles. The second kappa shape index (κ2) is 8.57. The maximum atomic E-state index is 12.1. The Kier molecular flexibility index (Phi) is 7.44. The van der Waals surface area contributed by atoms with E-state index in [2.05, 4.69) is 12.2 Å². The lowest BCUT2D eigenvalue weighted by Gasteiger charge is -2.31. The molecule has 1 rings (SSSR count). The zero-order valence-electron chi connectivity index (χ0n) is 13.0. The minimum Gasteiger partial charge on any atom is -0.468 e. The Morgan fingerprint density at radius 1 is 1.21 bits per heavy atom. The van der Waals surface area contributed by atoms with Crippen LogP contribution in [0.2, 0.25) is 0 Å². The molecule has 19 heavy (non-hydrogen) atoms. The first-order valence-electron chi connectivity index (χ1n) is 7.98. The summed E-state index contributed by atoms with van der Waals surface area (Å²) in [4.78, 5) is 12.1. The molecule has 3 nitrogen and oxygen atoms in total. The Bertz CT molecular complexity index is 261. The summed E-state index contributed by atoms with van der Waals surface area (Å²) in [6.45, 7) is 4.23. The summed E-state index contributed by atoms with van der Waals surface area (Å²) in [7, 11) is 1.49. The van der Waals surface area contributed by atoms with Crippen LogP contribution in [0.25, 0.3) is 0 Å². The topological polar surface area (TPSA) is 38.3 Å².